The van der Waals surface area contributed by atoms with Gasteiger partial charge in [-0.25, -0.2) is 0 Å². The molecule has 0 unspecified atom stereocenters. The summed E-state index contributed by atoms with van der Waals surface area (Å²) in [6.07, 6.45) is 4.69. The summed E-state index contributed by atoms with van der Waals surface area (Å²) >= 11 is 0. The van der Waals surface area contributed by atoms with Gasteiger partial charge in [-0.05, 0) is 29.8 Å². The smallest absolute Gasteiger partial charge is 0.123 e. The van der Waals surface area contributed by atoms with Crippen LogP contribution in [0.25, 0.3) is 0 Å². The molecule has 0 aliphatic heterocycles. The van der Waals surface area contributed by atoms with Gasteiger partial charge in [-0.2, -0.15) is 5.10 Å². The van der Waals surface area contributed by atoms with Crippen LogP contribution in [0.4, 0.5) is 5.69 Å². The van der Waals surface area contributed by atoms with Gasteiger partial charge in [0.2, 0.25) is 0 Å². The lowest BCUT2D eigenvalue weighted by molar-refractivity contribution is 0.476. The first-order chi connectivity index (χ1) is 10.3. The Balaban J connectivity index is 1.70. The van der Waals surface area contributed by atoms with Crippen molar-refractivity contribution in [2.75, 3.05) is 5.32 Å². The highest BCUT2D eigenvalue weighted by atomic mass is 16.3. The van der Waals surface area contributed by atoms with Crippen LogP contribution in [0.3, 0.4) is 0 Å². The van der Waals surface area contributed by atoms with Gasteiger partial charge in [-0.1, -0.05) is 25.1 Å². The Kier molecular flexibility index (Phi) is 4.05. The summed E-state index contributed by atoms with van der Waals surface area (Å²) in [4.78, 5) is 0. The lowest BCUT2D eigenvalue weighted by Gasteiger charge is -2.11. The molecule has 3 aromatic rings. The number of benzene rings is 1. The average Bonchev–Trinajstić information content (AvgIpc) is 3.17. The number of hydrogen-bond donors (Lipinski definition) is 1. The Morgan fingerprint density at radius 3 is 2.71 bits per heavy atom. The van der Waals surface area contributed by atoms with E-state index in [1.165, 1.54) is 5.56 Å². The van der Waals surface area contributed by atoms with Gasteiger partial charge in [-0.15, -0.1) is 0 Å². The van der Waals surface area contributed by atoms with E-state index >= 15 is 0 Å². The fourth-order valence-corrected chi connectivity index (χ4v) is 2.29. The Labute approximate surface area is 124 Å². The van der Waals surface area contributed by atoms with E-state index in [2.05, 4.69) is 29.5 Å². The number of furan rings is 1. The van der Waals surface area contributed by atoms with E-state index in [1.807, 2.05) is 41.2 Å². The molecule has 0 atom stereocenters. The molecule has 0 saturated carbocycles. The standard InChI is InChI=1S/C17H19N3O/c1-2-15-8-9-16(21-15)12-18-17-7-4-3-6-14(17)13-20-11-5-10-19-20/h3-11,18H,2,12-13H2,1H3. The molecule has 21 heavy (non-hydrogen) atoms. The molecular formula is C17H19N3O. The molecule has 0 radical (unpaired) electrons. The van der Waals surface area contributed by atoms with E-state index in [4.69, 9.17) is 4.42 Å². The zero-order valence-electron chi connectivity index (χ0n) is 12.1. The minimum atomic E-state index is 0.691. The van der Waals surface area contributed by atoms with Crippen molar-refractivity contribution in [3.63, 3.8) is 0 Å². The molecule has 0 saturated heterocycles. The van der Waals surface area contributed by atoms with Crippen LogP contribution in [0.1, 0.15) is 24.0 Å². The topological polar surface area (TPSA) is 43.0 Å². The van der Waals surface area contributed by atoms with Gasteiger partial charge >= 0.3 is 0 Å². The molecule has 2 aromatic heterocycles. The van der Waals surface area contributed by atoms with Crippen LogP contribution in [0, 0.1) is 0 Å². The van der Waals surface area contributed by atoms with Crippen molar-refractivity contribution >= 4 is 5.69 Å². The summed E-state index contributed by atoms with van der Waals surface area (Å²) in [7, 11) is 0. The second kappa shape index (κ2) is 6.31. The van der Waals surface area contributed by atoms with Gasteiger partial charge in [0, 0.05) is 24.5 Å². The zero-order valence-corrected chi connectivity index (χ0v) is 12.1. The number of para-hydroxylation sites is 1. The fourth-order valence-electron chi connectivity index (χ4n) is 2.29. The van der Waals surface area contributed by atoms with Gasteiger partial charge in [0.1, 0.15) is 11.5 Å². The zero-order chi connectivity index (χ0) is 14.5. The SMILES string of the molecule is CCc1ccc(CNc2ccccc2Cn2cccn2)o1. The molecule has 4 heteroatoms. The third kappa shape index (κ3) is 3.34. The summed E-state index contributed by atoms with van der Waals surface area (Å²) in [6.45, 7) is 3.54. The molecule has 0 spiro atoms. The van der Waals surface area contributed by atoms with Crippen LogP contribution in [0.2, 0.25) is 0 Å². The largest absolute Gasteiger partial charge is 0.464 e. The van der Waals surface area contributed by atoms with E-state index in [9.17, 15) is 0 Å². The van der Waals surface area contributed by atoms with Gasteiger partial charge in [-0.3, -0.25) is 4.68 Å². The summed E-state index contributed by atoms with van der Waals surface area (Å²) in [5.74, 6) is 1.98. The first kappa shape index (κ1) is 13.5. The molecule has 108 valence electrons. The number of rotatable bonds is 6. The molecule has 0 aliphatic rings. The van der Waals surface area contributed by atoms with Crippen LogP contribution in [-0.4, -0.2) is 9.78 Å². The third-order valence-electron chi connectivity index (χ3n) is 3.43. The van der Waals surface area contributed by atoms with Gasteiger partial charge in [0.25, 0.3) is 0 Å². The summed E-state index contributed by atoms with van der Waals surface area (Å²) in [6, 6.07) is 14.3. The number of nitrogens with zero attached hydrogens (tertiary/aromatic N) is 2. The van der Waals surface area contributed by atoms with Crippen LogP contribution < -0.4 is 5.32 Å². The lowest BCUT2D eigenvalue weighted by atomic mass is 10.1. The molecular weight excluding hydrogens is 262 g/mol. The molecule has 4 nitrogen and oxygen atoms in total. The van der Waals surface area contributed by atoms with Gasteiger partial charge in [0.05, 0.1) is 13.1 Å². The van der Waals surface area contributed by atoms with E-state index in [0.717, 1.165) is 30.2 Å². The van der Waals surface area contributed by atoms with E-state index in [-0.39, 0.29) is 0 Å². The average molecular weight is 281 g/mol. The highest BCUT2D eigenvalue weighted by Crippen LogP contribution is 2.18. The molecule has 2 heterocycles. The normalized spacial score (nSPS) is 10.7. The van der Waals surface area contributed by atoms with Crippen LogP contribution in [0.5, 0.6) is 0 Å². The predicted octanol–water partition coefficient (Wildman–Crippen LogP) is 3.70. The van der Waals surface area contributed by atoms with Crippen molar-refractivity contribution in [3.05, 3.63) is 71.9 Å². The number of nitrogens with one attached hydrogen (secondary N) is 1. The summed E-state index contributed by atoms with van der Waals surface area (Å²) in [5.41, 5.74) is 2.32. The highest BCUT2D eigenvalue weighted by Gasteiger charge is 2.05. The maximum absolute atomic E-state index is 5.72. The number of anilines is 1. The second-order valence-corrected chi connectivity index (χ2v) is 4.94. The van der Waals surface area contributed by atoms with Crippen LogP contribution >= 0.6 is 0 Å². The highest BCUT2D eigenvalue weighted by molar-refractivity contribution is 5.51. The van der Waals surface area contributed by atoms with Crippen molar-refractivity contribution in [1.82, 2.24) is 9.78 Å². The van der Waals surface area contributed by atoms with Crippen LogP contribution in [0.15, 0.2) is 59.3 Å². The number of aryl methyl sites for hydroxylation is 1. The first-order valence-corrected chi connectivity index (χ1v) is 7.22. The monoisotopic (exact) mass is 281 g/mol. The van der Waals surface area contributed by atoms with Crippen molar-refractivity contribution in [2.45, 2.75) is 26.4 Å². The Morgan fingerprint density at radius 2 is 1.95 bits per heavy atom. The van der Waals surface area contributed by atoms with Gasteiger partial charge in [0.15, 0.2) is 0 Å². The molecule has 0 fully saturated rings. The van der Waals surface area contributed by atoms with Crippen molar-refractivity contribution < 1.29 is 4.42 Å². The molecule has 0 aliphatic carbocycles. The van der Waals surface area contributed by atoms with Crippen molar-refractivity contribution in [3.8, 4) is 0 Å². The quantitative estimate of drug-likeness (QED) is 0.749. The molecule has 1 N–H and O–H groups in total. The molecule has 0 amide bonds. The summed E-state index contributed by atoms with van der Waals surface area (Å²) in [5, 5.41) is 7.70. The fraction of sp³-hybridized carbons (Fsp3) is 0.235. The van der Waals surface area contributed by atoms with Crippen molar-refractivity contribution in [2.24, 2.45) is 0 Å². The van der Waals surface area contributed by atoms with E-state index in [1.54, 1.807) is 6.20 Å². The Morgan fingerprint density at radius 1 is 1.10 bits per heavy atom. The second-order valence-electron chi connectivity index (χ2n) is 4.94. The van der Waals surface area contributed by atoms with E-state index in [0.29, 0.717) is 6.54 Å². The maximum Gasteiger partial charge on any atom is 0.123 e. The minimum absolute atomic E-state index is 0.691. The maximum atomic E-state index is 5.72. The Bertz CT molecular complexity index is 686. The molecule has 3 rings (SSSR count). The minimum Gasteiger partial charge on any atom is -0.464 e. The first-order valence-electron chi connectivity index (χ1n) is 7.22. The number of hydrogen-bond acceptors (Lipinski definition) is 3. The Hall–Kier alpha value is -2.49. The molecule has 1 aromatic carbocycles. The summed E-state index contributed by atoms with van der Waals surface area (Å²) < 4.78 is 7.64. The number of aromatic nitrogens is 2. The molecule has 0 bridgehead atoms. The lowest BCUT2D eigenvalue weighted by Crippen LogP contribution is -2.06. The van der Waals surface area contributed by atoms with E-state index < -0.39 is 0 Å². The van der Waals surface area contributed by atoms with Gasteiger partial charge < -0.3 is 9.73 Å². The predicted molar refractivity (Wildman–Crippen MR) is 83.2 cm³/mol. The third-order valence-corrected chi connectivity index (χ3v) is 3.43. The van der Waals surface area contributed by atoms with Crippen LogP contribution in [-0.2, 0) is 19.5 Å². The van der Waals surface area contributed by atoms with Crippen molar-refractivity contribution in [1.29, 1.82) is 0 Å².